The van der Waals surface area contributed by atoms with E-state index in [-0.39, 0.29) is 22.4 Å². The molecule has 0 heterocycles. The maximum Gasteiger partial charge on any atom is 0.242 e. The normalized spacial score (nSPS) is 22.9. The van der Waals surface area contributed by atoms with Gasteiger partial charge in [-0.25, -0.2) is 17.5 Å². The van der Waals surface area contributed by atoms with Crippen LogP contribution in [0.4, 0.5) is 4.39 Å². The predicted octanol–water partition coefficient (Wildman–Crippen LogP) is 1.69. The molecule has 4 nitrogen and oxygen atoms in total. The van der Waals surface area contributed by atoms with E-state index >= 15 is 0 Å². The molecule has 0 radical (unpaired) electrons. The first-order valence-corrected chi connectivity index (χ1v) is 7.55. The number of rotatable bonds is 4. The first-order valence-electron chi connectivity index (χ1n) is 5.69. The predicted molar refractivity (Wildman–Crippen MR) is 69.9 cm³/mol. The highest BCUT2D eigenvalue weighted by molar-refractivity contribution is 7.89. The van der Waals surface area contributed by atoms with Crippen LogP contribution in [-0.2, 0) is 10.0 Å². The van der Waals surface area contributed by atoms with Crippen molar-refractivity contribution < 1.29 is 17.9 Å². The summed E-state index contributed by atoms with van der Waals surface area (Å²) in [6.07, 6.45) is 3.90. The Morgan fingerprint density at radius 3 is 2.79 bits per heavy atom. The van der Waals surface area contributed by atoms with Crippen molar-refractivity contribution in [2.75, 3.05) is 6.61 Å². The highest BCUT2D eigenvalue weighted by atomic mass is 35.5. The van der Waals surface area contributed by atoms with Crippen LogP contribution in [0.15, 0.2) is 35.2 Å². The highest BCUT2D eigenvalue weighted by Gasteiger charge is 2.25. The summed E-state index contributed by atoms with van der Waals surface area (Å²) < 4.78 is 39.7. The van der Waals surface area contributed by atoms with Crippen molar-refractivity contribution in [1.82, 2.24) is 4.72 Å². The Bertz CT molecular complexity index is 603. The molecule has 7 heteroatoms. The molecule has 0 aliphatic heterocycles. The Morgan fingerprint density at radius 2 is 2.16 bits per heavy atom. The minimum Gasteiger partial charge on any atom is -0.396 e. The summed E-state index contributed by atoms with van der Waals surface area (Å²) in [7, 11) is -3.88. The lowest BCUT2D eigenvalue weighted by Gasteiger charge is -2.14. The third-order valence-electron chi connectivity index (χ3n) is 2.90. The van der Waals surface area contributed by atoms with Gasteiger partial charge in [0, 0.05) is 18.6 Å². The first kappa shape index (κ1) is 14.5. The van der Waals surface area contributed by atoms with Gasteiger partial charge in [0.05, 0.1) is 5.02 Å². The van der Waals surface area contributed by atoms with Crippen LogP contribution in [0.2, 0.25) is 5.02 Å². The van der Waals surface area contributed by atoms with Gasteiger partial charge in [0.25, 0.3) is 0 Å². The van der Waals surface area contributed by atoms with Gasteiger partial charge in [-0.1, -0.05) is 23.8 Å². The molecule has 19 heavy (non-hydrogen) atoms. The van der Waals surface area contributed by atoms with E-state index in [1.165, 1.54) is 6.07 Å². The van der Waals surface area contributed by atoms with Gasteiger partial charge in [0.2, 0.25) is 10.0 Å². The zero-order valence-corrected chi connectivity index (χ0v) is 11.5. The average molecular weight is 306 g/mol. The SMILES string of the molecule is O=S(=O)(N[C@@H]1C=C[C@H](CO)C1)c1cc(F)ccc1Cl. The summed E-state index contributed by atoms with van der Waals surface area (Å²) in [5.41, 5.74) is 0. The second kappa shape index (κ2) is 5.58. The van der Waals surface area contributed by atoms with Gasteiger partial charge in [-0.15, -0.1) is 0 Å². The molecule has 0 unspecified atom stereocenters. The van der Waals surface area contributed by atoms with Crippen LogP contribution in [0.25, 0.3) is 0 Å². The van der Waals surface area contributed by atoms with E-state index in [4.69, 9.17) is 16.7 Å². The van der Waals surface area contributed by atoms with Gasteiger partial charge < -0.3 is 5.11 Å². The van der Waals surface area contributed by atoms with Crippen LogP contribution >= 0.6 is 11.6 Å². The molecule has 1 aromatic carbocycles. The summed E-state index contributed by atoms with van der Waals surface area (Å²) >= 11 is 5.78. The van der Waals surface area contributed by atoms with E-state index in [0.29, 0.717) is 6.42 Å². The van der Waals surface area contributed by atoms with Crippen molar-refractivity contribution in [3.63, 3.8) is 0 Å². The summed E-state index contributed by atoms with van der Waals surface area (Å²) in [6, 6.07) is 2.76. The third kappa shape index (κ3) is 3.33. The molecular weight excluding hydrogens is 293 g/mol. The zero-order valence-electron chi connectivity index (χ0n) is 9.88. The monoisotopic (exact) mass is 305 g/mol. The van der Waals surface area contributed by atoms with Crippen molar-refractivity contribution in [3.05, 3.63) is 41.2 Å². The number of halogens is 2. The summed E-state index contributed by atoms with van der Waals surface area (Å²) in [5.74, 6) is -0.726. The van der Waals surface area contributed by atoms with Gasteiger partial charge in [-0.05, 0) is 24.6 Å². The van der Waals surface area contributed by atoms with Crippen molar-refractivity contribution in [2.45, 2.75) is 17.4 Å². The molecule has 0 bridgehead atoms. The molecule has 1 aromatic rings. The number of aliphatic hydroxyl groups excluding tert-OH is 1. The molecule has 0 amide bonds. The van der Waals surface area contributed by atoms with E-state index in [9.17, 15) is 12.8 Å². The Kier molecular flexibility index (Phi) is 4.25. The van der Waals surface area contributed by atoms with Gasteiger partial charge >= 0.3 is 0 Å². The van der Waals surface area contributed by atoms with E-state index in [1.807, 2.05) is 0 Å². The minimum atomic E-state index is -3.88. The Balaban J connectivity index is 2.20. The van der Waals surface area contributed by atoms with Crippen molar-refractivity contribution in [2.24, 2.45) is 5.92 Å². The number of benzene rings is 1. The summed E-state index contributed by atoms with van der Waals surface area (Å²) in [6.45, 7) is -0.0323. The molecule has 0 aromatic heterocycles. The maximum absolute atomic E-state index is 13.1. The van der Waals surface area contributed by atoms with Gasteiger partial charge in [0.15, 0.2) is 0 Å². The molecule has 2 rings (SSSR count). The van der Waals surface area contributed by atoms with E-state index in [0.717, 1.165) is 12.1 Å². The molecule has 0 saturated carbocycles. The third-order valence-corrected chi connectivity index (χ3v) is 4.87. The Labute approximate surface area is 115 Å². The molecule has 0 spiro atoms. The number of aliphatic hydroxyl groups is 1. The van der Waals surface area contributed by atoms with Crippen LogP contribution in [0.5, 0.6) is 0 Å². The number of nitrogens with one attached hydrogen (secondary N) is 1. The lowest BCUT2D eigenvalue weighted by atomic mass is 10.1. The lowest BCUT2D eigenvalue weighted by molar-refractivity contribution is 0.248. The van der Waals surface area contributed by atoms with Crippen LogP contribution in [0.3, 0.4) is 0 Å². The quantitative estimate of drug-likeness (QED) is 0.832. The van der Waals surface area contributed by atoms with Gasteiger partial charge in [0.1, 0.15) is 10.7 Å². The summed E-state index contributed by atoms with van der Waals surface area (Å²) in [4.78, 5) is -0.282. The van der Waals surface area contributed by atoms with Crippen LogP contribution in [0, 0.1) is 11.7 Å². The number of sulfonamides is 1. The van der Waals surface area contributed by atoms with Crippen molar-refractivity contribution in [3.8, 4) is 0 Å². The second-order valence-electron chi connectivity index (χ2n) is 4.37. The lowest BCUT2D eigenvalue weighted by Crippen LogP contribution is -2.33. The van der Waals surface area contributed by atoms with E-state index < -0.39 is 21.9 Å². The fourth-order valence-electron chi connectivity index (χ4n) is 1.94. The molecule has 2 atom stereocenters. The Morgan fingerprint density at radius 1 is 1.42 bits per heavy atom. The molecule has 0 saturated heterocycles. The molecule has 2 N–H and O–H groups in total. The topological polar surface area (TPSA) is 66.4 Å². The van der Waals surface area contributed by atoms with Gasteiger partial charge in [-0.3, -0.25) is 0 Å². The molecule has 1 aliphatic rings. The fraction of sp³-hybridized carbons (Fsp3) is 0.333. The largest absolute Gasteiger partial charge is 0.396 e. The first-order chi connectivity index (χ1) is 8.92. The second-order valence-corrected chi connectivity index (χ2v) is 6.46. The van der Waals surface area contributed by atoms with E-state index in [2.05, 4.69) is 4.72 Å². The van der Waals surface area contributed by atoms with Crippen LogP contribution in [-0.4, -0.2) is 26.2 Å². The minimum absolute atomic E-state index is 0.0323. The standard InChI is InChI=1S/C12H13ClFNO3S/c13-11-4-2-9(14)6-12(11)19(17,18)15-10-3-1-8(5-10)7-16/h1-4,6,8,10,15-16H,5,7H2/t8-,10+/m0/s1. The molecular formula is C12H13ClFNO3S. The molecule has 0 fully saturated rings. The highest BCUT2D eigenvalue weighted by Crippen LogP contribution is 2.24. The molecule has 1 aliphatic carbocycles. The average Bonchev–Trinajstić information content (AvgIpc) is 2.79. The number of hydrogen-bond acceptors (Lipinski definition) is 3. The zero-order chi connectivity index (χ0) is 14.0. The van der Waals surface area contributed by atoms with Gasteiger partial charge in [-0.2, -0.15) is 0 Å². The fourth-order valence-corrected chi connectivity index (χ4v) is 3.66. The smallest absolute Gasteiger partial charge is 0.242 e. The number of hydrogen-bond donors (Lipinski definition) is 2. The van der Waals surface area contributed by atoms with Crippen LogP contribution in [0.1, 0.15) is 6.42 Å². The van der Waals surface area contributed by atoms with Crippen molar-refractivity contribution in [1.29, 1.82) is 0 Å². The van der Waals surface area contributed by atoms with Crippen molar-refractivity contribution >= 4 is 21.6 Å². The maximum atomic E-state index is 13.1. The summed E-state index contributed by atoms with van der Waals surface area (Å²) in [5, 5.41) is 8.95. The van der Waals surface area contributed by atoms with E-state index in [1.54, 1.807) is 12.2 Å². The van der Waals surface area contributed by atoms with Crippen LogP contribution < -0.4 is 4.72 Å². The Hall–Kier alpha value is -0.950. The molecule has 104 valence electrons.